The summed E-state index contributed by atoms with van der Waals surface area (Å²) in [5.41, 5.74) is 0.732. The molecule has 4 heterocycles. The van der Waals surface area contributed by atoms with E-state index < -0.39 is 35.5 Å². The molecule has 8 nitrogen and oxygen atoms in total. The number of halogens is 4. The van der Waals surface area contributed by atoms with Gasteiger partial charge in [-0.25, -0.2) is 14.8 Å². The summed E-state index contributed by atoms with van der Waals surface area (Å²) in [6.07, 6.45) is -4.53. The van der Waals surface area contributed by atoms with Crippen molar-refractivity contribution in [2.75, 3.05) is 31.6 Å². The predicted octanol–water partition coefficient (Wildman–Crippen LogP) is 2.69. The minimum atomic E-state index is -4.44. The Kier molecular flexibility index (Phi) is 7.08. The van der Waals surface area contributed by atoms with Crippen LogP contribution >= 0.6 is 0 Å². The topological polar surface area (TPSA) is 101 Å². The van der Waals surface area contributed by atoms with E-state index in [1.165, 1.54) is 12.1 Å². The second kappa shape index (κ2) is 10.0. The van der Waals surface area contributed by atoms with Crippen LogP contribution in [0.2, 0.25) is 0 Å². The van der Waals surface area contributed by atoms with Crippen LogP contribution in [0, 0.1) is 17.2 Å². The average molecular weight is 525 g/mol. The van der Waals surface area contributed by atoms with Crippen molar-refractivity contribution < 1.29 is 27.1 Å². The molecule has 0 bridgehead atoms. The number of hydrazine groups is 1. The lowest BCUT2D eigenvalue weighted by Gasteiger charge is -2.48. The van der Waals surface area contributed by atoms with E-state index in [2.05, 4.69) is 27.4 Å². The van der Waals surface area contributed by atoms with Gasteiger partial charge < -0.3 is 15.4 Å². The second-order valence-electron chi connectivity index (χ2n) is 10.4. The highest BCUT2D eigenvalue weighted by molar-refractivity contribution is 5.82. The Labute approximate surface area is 213 Å². The third kappa shape index (κ3) is 4.46. The monoisotopic (exact) mass is 524 g/mol. The first-order valence-corrected chi connectivity index (χ1v) is 12.8. The lowest BCUT2D eigenvalue weighted by atomic mass is 9.81. The van der Waals surface area contributed by atoms with Crippen molar-refractivity contribution in [3.8, 4) is 6.07 Å². The van der Waals surface area contributed by atoms with Gasteiger partial charge in [0.1, 0.15) is 17.9 Å². The number of nitriles is 1. The fraction of sp³-hybridized carbons (Fsp3) is 0.680. The zero-order valence-corrected chi connectivity index (χ0v) is 20.4. The van der Waals surface area contributed by atoms with Gasteiger partial charge in [0.05, 0.1) is 30.6 Å². The van der Waals surface area contributed by atoms with E-state index in [9.17, 15) is 23.2 Å². The molecule has 6 atom stereocenters. The molecule has 4 fully saturated rings. The number of amides is 1. The Balaban J connectivity index is 1.40. The molecule has 37 heavy (non-hydrogen) atoms. The molecule has 4 saturated heterocycles. The van der Waals surface area contributed by atoms with Gasteiger partial charge in [0.15, 0.2) is 0 Å². The van der Waals surface area contributed by atoms with Crippen molar-refractivity contribution in [2.24, 2.45) is 5.92 Å². The van der Waals surface area contributed by atoms with Gasteiger partial charge in [-0.15, -0.1) is 0 Å². The molecule has 202 valence electrons. The lowest BCUT2D eigenvalue weighted by Crippen LogP contribution is -2.65. The average Bonchev–Trinajstić information content (AvgIpc) is 3.26. The van der Waals surface area contributed by atoms with Gasteiger partial charge >= 0.3 is 6.18 Å². The van der Waals surface area contributed by atoms with Crippen LogP contribution in [-0.2, 0) is 15.1 Å². The molecule has 1 aromatic rings. The number of rotatable bonds is 5. The van der Waals surface area contributed by atoms with Gasteiger partial charge in [0, 0.05) is 24.9 Å². The summed E-state index contributed by atoms with van der Waals surface area (Å²) < 4.78 is 62.9. The molecule has 0 spiro atoms. The number of ether oxygens (including phenoxy) is 1. The van der Waals surface area contributed by atoms with E-state index >= 15 is 4.39 Å². The van der Waals surface area contributed by atoms with Gasteiger partial charge in [0.25, 0.3) is 0 Å². The lowest BCUT2D eigenvalue weighted by molar-refractivity contribution is -0.207. The first-order chi connectivity index (χ1) is 17.7. The number of hydrogen-bond donors (Lipinski definition) is 4. The molecule has 1 aromatic carbocycles. The number of hydrogen-bond acceptors (Lipinski definition) is 7. The standard InChI is InChI=1S/C25H32F4N6O2/c26-19-15-37-14-10-23(19,9-11-30)35-18-7-13-31-22(36)20(18)21(34-35)33-17-5-3-16(4-6-17)24(25(27,28)29)8-1-2-12-32-24/h3-6,18-21,32-34H,1-2,7-10,12-15H2,(H,31,36)/t18?,19-,20?,21?,23+,24+/m0/s1. The van der Waals surface area contributed by atoms with Crippen LogP contribution < -0.4 is 21.4 Å². The molecule has 4 N–H and O–H groups in total. The molecule has 0 saturated carbocycles. The second-order valence-corrected chi connectivity index (χ2v) is 10.4. The third-order valence-electron chi connectivity index (χ3n) is 8.41. The maximum absolute atomic E-state index is 15.3. The molecule has 5 rings (SSSR count). The molecule has 3 unspecified atom stereocenters. The largest absolute Gasteiger partial charge is 0.410 e. The Bertz CT molecular complexity index is 1030. The highest BCUT2D eigenvalue weighted by Gasteiger charge is 2.58. The minimum absolute atomic E-state index is 0.0264. The number of piperidine rings is 2. The number of carbonyl (C=O) groups is 1. The van der Waals surface area contributed by atoms with Crippen LogP contribution in [0.15, 0.2) is 24.3 Å². The highest BCUT2D eigenvalue weighted by Crippen LogP contribution is 2.45. The summed E-state index contributed by atoms with van der Waals surface area (Å²) in [7, 11) is 0. The van der Waals surface area contributed by atoms with Crippen LogP contribution in [0.25, 0.3) is 0 Å². The SMILES string of the molecule is N#CC[C@@]1(N2NC(Nc3ccc([C@@]4(C(F)(F)F)CCCCN4)cc3)C3C(=O)NCCC32)CCOC[C@@H]1F. The predicted molar refractivity (Wildman–Crippen MR) is 127 cm³/mol. The van der Waals surface area contributed by atoms with Gasteiger partial charge in [-0.3, -0.25) is 10.1 Å². The number of anilines is 1. The van der Waals surface area contributed by atoms with Crippen molar-refractivity contribution in [2.45, 2.75) is 74.2 Å². The Morgan fingerprint density at radius 1 is 1.19 bits per heavy atom. The Morgan fingerprint density at radius 2 is 1.97 bits per heavy atom. The minimum Gasteiger partial charge on any atom is -0.378 e. The zero-order chi connectivity index (χ0) is 26.3. The molecule has 12 heteroatoms. The van der Waals surface area contributed by atoms with Crippen LogP contribution in [0.5, 0.6) is 0 Å². The van der Waals surface area contributed by atoms with Crippen molar-refractivity contribution in [1.29, 1.82) is 5.26 Å². The summed E-state index contributed by atoms with van der Waals surface area (Å²) in [6, 6.07) is 7.85. The van der Waals surface area contributed by atoms with Gasteiger partial charge in [0.2, 0.25) is 5.91 Å². The number of alkyl halides is 4. The van der Waals surface area contributed by atoms with Crippen molar-refractivity contribution in [3.63, 3.8) is 0 Å². The van der Waals surface area contributed by atoms with Crippen LogP contribution in [0.1, 0.15) is 44.1 Å². The molecule has 4 aliphatic rings. The number of carbonyl (C=O) groups excluding carboxylic acids is 1. The number of nitrogens with zero attached hydrogens (tertiary/aromatic N) is 2. The van der Waals surface area contributed by atoms with Gasteiger partial charge in [-0.2, -0.15) is 18.4 Å². The Morgan fingerprint density at radius 3 is 2.62 bits per heavy atom. The zero-order valence-electron chi connectivity index (χ0n) is 20.4. The van der Waals surface area contributed by atoms with Crippen molar-refractivity contribution in [1.82, 2.24) is 21.1 Å². The summed E-state index contributed by atoms with van der Waals surface area (Å²) in [6.45, 7) is 0.906. The number of nitrogens with one attached hydrogen (secondary N) is 4. The van der Waals surface area contributed by atoms with E-state index in [1.54, 1.807) is 17.1 Å². The fourth-order valence-corrected chi connectivity index (χ4v) is 6.41. The molecule has 0 aliphatic carbocycles. The van der Waals surface area contributed by atoms with E-state index in [-0.39, 0.29) is 37.0 Å². The van der Waals surface area contributed by atoms with E-state index in [0.29, 0.717) is 51.1 Å². The molecule has 0 aromatic heterocycles. The van der Waals surface area contributed by atoms with E-state index in [4.69, 9.17) is 4.74 Å². The van der Waals surface area contributed by atoms with E-state index in [1.807, 2.05) is 0 Å². The summed E-state index contributed by atoms with van der Waals surface area (Å²) >= 11 is 0. The maximum atomic E-state index is 15.3. The third-order valence-corrected chi connectivity index (χ3v) is 8.41. The van der Waals surface area contributed by atoms with Crippen LogP contribution in [0.3, 0.4) is 0 Å². The molecule has 4 aliphatic heterocycles. The smallest absolute Gasteiger partial charge is 0.378 e. The molecular weight excluding hydrogens is 492 g/mol. The number of fused-ring (bicyclic) bond motifs is 1. The summed E-state index contributed by atoms with van der Waals surface area (Å²) in [4.78, 5) is 12.9. The van der Waals surface area contributed by atoms with Crippen LogP contribution in [0.4, 0.5) is 23.2 Å². The molecule has 0 radical (unpaired) electrons. The first kappa shape index (κ1) is 26.2. The van der Waals surface area contributed by atoms with Gasteiger partial charge in [-0.05, 0) is 56.3 Å². The van der Waals surface area contributed by atoms with Crippen molar-refractivity contribution in [3.05, 3.63) is 29.8 Å². The van der Waals surface area contributed by atoms with Crippen LogP contribution in [-0.4, -0.2) is 67.3 Å². The first-order valence-electron chi connectivity index (χ1n) is 12.8. The normalized spacial score (nSPS) is 36.9. The van der Waals surface area contributed by atoms with Crippen molar-refractivity contribution >= 4 is 11.6 Å². The highest BCUT2D eigenvalue weighted by atomic mass is 19.4. The maximum Gasteiger partial charge on any atom is 0.410 e. The molecular formula is C25H32F4N6O2. The fourth-order valence-electron chi connectivity index (χ4n) is 6.41. The summed E-state index contributed by atoms with van der Waals surface area (Å²) in [5.74, 6) is -0.780. The van der Waals surface area contributed by atoms with E-state index in [0.717, 1.165) is 0 Å². The molecule has 1 amide bonds. The summed E-state index contributed by atoms with van der Waals surface area (Å²) in [5, 5.41) is 20.1. The quantitative estimate of drug-likeness (QED) is 0.440. The number of benzene rings is 1. The Hall–Kier alpha value is -2.46. The van der Waals surface area contributed by atoms with Gasteiger partial charge in [-0.1, -0.05) is 12.1 Å².